The van der Waals surface area contributed by atoms with Gasteiger partial charge >= 0.3 is 0 Å². The van der Waals surface area contributed by atoms with Gasteiger partial charge in [-0.25, -0.2) is 0 Å². The number of amides is 3. The summed E-state index contributed by atoms with van der Waals surface area (Å²) in [6.45, 7) is 1.56. The third-order valence-electron chi connectivity index (χ3n) is 3.78. The summed E-state index contributed by atoms with van der Waals surface area (Å²) in [7, 11) is 0. The smallest absolute Gasteiger partial charge is 0.294 e. The van der Waals surface area contributed by atoms with Gasteiger partial charge < -0.3 is 10.4 Å². The minimum absolute atomic E-state index is 0.0744. The molecule has 0 aromatic heterocycles. The van der Waals surface area contributed by atoms with Crippen LogP contribution in [0, 0.1) is 6.92 Å². The maximum Gasteiger partial charge on any atom is 0.294 e. The van der Waals surface area contributed by atoms with Crippen LogP contribution in [0.2, 0.25) is 5.02 Å². The van der Waals surface area contributed by atoms with E-state index in [1.54, 1.807) is 18.2 Å². The van der Waals surface area contributed by atoms with Crippen LogP contribution in [-0.2, 0) is 9.59 Å². The molecular formula is C19H15ClN2O4S. The zero-order valence-corrected chi connectivity index (χ0v) is 15.8. The summed E-state index contributed by atoms with van der Waals surface area (Å²) in [5.41, 5.74) is 2.21. The number of phenols is 1. The molecule has 0 radical (unpaired) electrons. The third-order valence-corrected chi connectivity index (χ3v) is 4.99. The minimum atomic E-state index is -0.548. The first-order valence-electron chi connectivity index (χ1n) is 7.94. The summed E-state index contributed by atoms with van der Waals surface area (Å²) in [6, 6.07) is 11.6. The van der Waals surface area contributed by atoms with E-state index in [9.17, 15) is 19.5 Å². The number of nitrogens with zero attached hydrogens (tertiary/aromatic N) is 1. The van der Waals surface area contributed by atoms with Crippen molar-refractivity contribution in [3.63, 3.8) is 0 Å². The van der Waals surface area contributed by atoms with Crippen LogP contribution in [-0.4, -0.2) is 33.6 Å². The number of anilines is 1. The average molecular weight is 403 g/mol. The standard InChI is InChI=1S/C19H15ClN2O4S/c1-11-2-5-13(6-3-11)21-17(24)10-22-18(25)16(27-19(22)26)9-12-4-7-15(23)14(20)8-12/h2-9,23H,10H2,1H3,(H,21,24)/b16-9-. The van der Waals surface area contributed by atoms with Crippen molar-refractivity contribution in [2.24, 2.45) is 0 Å². The van der Waals surface area contributed by atoms with Gasteiger partial charge in [0.25, 0.3) is 11.1 Å². The summed E-state index contributed by atoms with van der Waals surface area (Å²) in [5.74, 6) is -1.09. The van der Waals surface area contributed by atoms with E-state index in [-0.39, 0.29) is 22.2 Å². The van der Waals surface area contributed by atoms with E-state index in [1.807, 2.05) is 19.1 Å². The second-order valence-corrected chi connectivity index (χ2v) is 7.29. The van der Waals surface area contributed by atoms with E-state index in [4.69, 9.17) is 11.6 Å². The van der Waals surface area contributed by atoms with Crippen LogP contribution in [0.25, 0.3) is 6.08 Å². The largest absolute Gasteiger partial charge is 0.506 e. The molecule has 138 valence electrons. The van der Waals surface area contributed by atoms with Gasteiger partial charge in [0.1, 0.15) is 12.3 Å². The van der Waals surface area contributed by atoms with Crippen molar-refractivity contribution >= 4 is 52.2 Å². The van der Waals surface area contributed by atoms with E-state index in [1.165, 1.54) is 18.2 Å². The Kier molecular flexibility index (Phi) is 5.53. The monoisotopic (exact) mass is 402 g/mol. The van der Waals surface area contributed by atoms with E-state index in [0.717, 1.165) is 22.2 Å². The number of rotatable bonds is 4. The third kappa shape index (κ3) is 4.50. The summed E-state index contributed by atoms with van der Waals surface area (Å²) >= 11 is 6.60. The van der Waals surface area contributed by atoms with E-state index in [2.05, 4.69) is 5.32 Å². The molecule has 0 bridgehead atoms. The molecule has 2 N–H and O–H groups in total. The first-order valence-corrected chi connectivity index (χ1v) is 9.13. The van der Waals surface area contributed by atoms with Gasteiger partial charge in [-0.1, -0.05) is 35.4 Å². The molecule has 27 heavy (non-hydrogen) atoms. The lowest BCUT2D eigenvalue weighted by Gasteiger charge is -2.12. The lowest BCUT2D eigenvalue weighted by molar-refractivity contribution is -0.127. The van der Waals surface area contributed by atoms with Crippen molar-refractivity contribution in [2.45, 2.75) is 6.92 Å². The summed E-state index contributed by atoms with van der Waals surface area (Å²) in [4.78, 5) is 37.8. The first-order chi connectivity index (χ1) is 12.8. The lowest BCUT2D eigenvalue weighted by Crippen LogP contribution is -2.36. The highest BCUT2D eigenvalue weighted by Crippen LogP contribution is 2.33. The van der Waals surface area contributed by atoms with Gasteiger partial charge in [0.2, 0.25) is 5.91 Å². The molecule has 0 saturated carbocycles. The highest BCUT2D eigenvalue weighted by atomic mass is 35.5. The Labute approximate surface area is 164 Å². The zero-order chi connectivity index (χ0) is 19.6. The molecular weight excluding hydrogens is 388 g/mol. The molecule has 3 amide bonds. The van der Waals surface area contributed by atoms with Crippen molar-refractivity contribution in [3.8, 4) is 5.75 Å². The van der Waals surface area contributed by atoms with Crippen LogP contribution < -0.4 is 5.32 Å². The van der Waals surface area contributed by atoms with Crippen molar-refractivity contribution < 1.29 is 19.5 Å². The number of imide groups is 1. The molecule has 1 aliphatic heterocycles. The summed E-state index contributed by atoms with van der Waals surface area (Å²) in [6.07, 6.45) is 1.49. The second-order valence-electron chi connectivity index (χ2n) is 5.89. The fourth-order valence-corrected chi connectivity index (χ4v) is 3.41. The van der Waals surface area contributed by atoms with Gasteiger partial charge in [0.05, 0.1) is 9.93 Å². The van der Waals surface area contributed by atoms with Crippen LogP contribution in [0.15, 0.2) is 47.4 Å². The SMILES string of the molecule is Cc1ccc(NC(=O)CN2C(=O)S/C(=C\c3ccc(O)c(Cl)c3)C2=O)cc1. The normalized spacial score (nSPS) is 15.5. The number of aromatic hydroxyl groups is 1. The molecule has 0 aliphatic carbocycles. The van der Waals surface area contributed by atoms with Gasteiger partial charge in [0, 0.05) is 5.69 Å². The zero-order valence-electron chi connectivity index (χ0n) is 14.2. The molecule has 2 aromatic rings. The maximum atomic E-state index is 12.5. The number of carbonyl (C=O) groups is 3. The number of hydrogen-bond donors (Lipinski definition) is 2. The Morgan fingerprint density at radius 1 is 1.22 bits per heavy atom. The molecule has 1 saturated heterocycles. The van der Waals surface area contributed by atoms with Crippen molar-refractivity contribution in [3.05, 3.63) is 63.5 Å². The molecule has 3 rings (SSSR count). The number of benzene rings is 2. The Morgan fingerprint density at radius 2 is 1.93 bits per heavy atom. The predicted molar refractivity (Wildman–Crippen MR) is 106 cm³/mol. The van der Waals surface area contributed by atoms with E-state index in [0.29, 0.717) is 11.3 Å². The Bertz CT molecular complexity index is 957. The summed E-state index contributed by atoms with van der Waals surface area (Å²) < 4.78 is 0. The number of halogens is 1. The summed E-state index contributed by atoms with van der Waals surface area (Å²) in [5, 5.41) is 11.7. The molecule has 0 unspecified atom stereocenters. The molecule has 0 atom stereocenters. The van der Waals surface area contributed by atoms with Gasteiger partial charge in [-0.15, -0.1) is 0 Å². The number of nitrogens with one attached hydrogen (secondary N) is 1. The molecule has 1 fully saturated rings. The van der Waals surface area contributed by atoms with Crippen LogP contribution in [0.3, 0.4) is 0 Å². The molecule has 6 nitrogen and oxygen atoms in total. The Balaban J connectivity index is 1.70. The molecule has 0 spiro atoms. The van der Waals surface area contributed by atoms with Crippen LogP contribution in [0.1, 0.15) is 11.1 Å². The van der Waals surface area contributed by atoms with E-state index < -0.39 is 17.1 Å². The Morgan fingerprint density at radius 3 is 2.59 bits per heavy atom. The number of phenolic OH excluding ortho intramolecular Hbond substituents is 1. The topological polar surface area (TPSA) is 86.7 Å². The Hall–Kier alpha value is -2.77. The molecule has 1 aliphatic rings. The number of hydrogen-bond acceptors (Lipinski definition) is 5. The number of thioether (sulfide) groups is 1. The van der Waals surface area contributed by atoms with E-state index >= 15 is 0 Å². The average Bonchev–Trinajstić information content (AvgIpc) is 2.87. The minimum Gasteiger partial charge on any atom is -0.506 e. The highest BCUT2D eigenvalue weighted by molar-refractivity contribution is 8.18. The van der Waals surface area contributed by atoms with Crippen molar-refractivity contribution in [1.82, 2.24) is 4.90 Å². The number of carbonyl (C=O) groups excluding carboxylic acids is 3. The first kappa shape index (κ1) is 19.0. The van der Waals surface area contributed by atoms with Gasteiger partial charge in [0.15, 0.2) is 0 Å². The lowest BCUT2D eigenvalue weighted by atomic mass is 10.2. The molecule has 1 heterocycles. The molecule has 2 aromatic carbocycles. The van der Waals surface area contributed by atoms with Crippen LogP contribution in [0.4, 0.5) is 10.5 Å². The molecule has 8 heteroatoms. The fraction of sp³-hybridized carbons (Fsp3) is 0.105. The van der Waals surface area contributed by atoms with Crippen LogP contribution in [0.5, 0.6) is 5.75 Å². The van der Waals surface area contributed by atoms with Crippen molar-refractivity contribution in [2.75, 3.05) is 11.9 Å². The number of aryl methyl sites for hydroxylation is 1. The van der Waals surface area contributed by atoms with Gasteiger partial charge in [-0.05, 0) is 54.6 Å². The van der Waals surface area contributed by atoms with Crippen molar-refractivity contribution in [1.29, 1.82) is 0 Å². The van der Waals surface area contributed by atoms with Crippen LogP contribution >= 0.6 is 23.4 Å². The highest BCUT2D eigenvalue weighted by Gasteiger charge is 2.36. The predicted octanol–water partition coefficient (Wildman–Crippen LogP) is 4.03. The van der Waals surface area contributed by atoms with Gasteiger partial charge in [-0.3, -0.25) is 19.3 Å². The quantitative estimate of drug-likeness (QED) is 0.754. The fourth-order valence-electron chi connectivity index (χ4n) is 2.38. The van der Waals surface area contributed by atoms with Gasteiger partial charge in [-0.2, -0.15) is 0 Å². The second kappa shape index (κ2) is 7.85. The maximum absolute atomic E-state index is 12.5.